The standard InChI is InChI=1S/C18H18N6OS2/c1-11(2)13-4-6-15(7-5-13)24-18(21-22-23-24)27-12(3)16(25)20-17-14(10-19)8-9-26-17/h4-9,11-12H,1-3H3,(H,20,25). The van der Waals surface area contributed by atoms with Crippen molar-refractivity contribution in [3.8, 4) is 11.8 Å². The van der Waals surface area contributed by atoms with E-state index in [4.69, 9.17) is 5.26 Å². The van der Waals surface area contributed by atoms with Crippen molar-refractivity contribution in [1.29, 1.82) is 5.26 Å². The molecule has 0 aliphatic heterocycles. The van der Waals surface area contributed by atoms with Crippen molar-refractivity contribution < 1.29 is 4.79 Å². The van der Waals surface area contributed by atoms with Gasteiger partial charge in [0.2, 0.25) is 11.1 Å². The molecule has 3 rings (SSSR count). The molecular weight excluding hydrogens is 380 g/mol. The van der Waals surface area contributed by atoms with Crippen molar-refractivity contribution in [3.63, 3.8) is 0 Å². The molecule has 9 heteroatoms. The number of tetrazole rings is 1. The Morgan fingerprint density at radius 3 is 2.67 bits per heavy atom. The van der Waals surface area contributed by atoms with Gasteiger partial charge in [-0.25, -0.2) is 0 Å². The van der Waals surface area contributed by atoms with Gasteiger partial charge in [0.25, 0.3) is 0 Å². The van der Waals surface area contributed by atoms with Gasteiger partial charge in [-0.2, -0.15) is 9.94 Å². The highest BCUT2D eigenvalue weighted by atomic mass is 32.2. The topological polar surface area (TPSA) is 96.5 Å². The minimum atomic E-state index is -0.432. The lowest BCUT2D eigenvalue weighted by Crippen LogP contribution is -2.22. The van der Waals surface area contributed by atoms with Crippen molar-refractivity contribution in [2.45, 2.75) is 37.1 Å². The Balaban J connectivity index is 1.72. The molecule has 1 N–H and O–H groups in total. The lowest BCUT2D eigenvalue weighted by Gasteiger charge is -2.11. The maximum Gasteiger partial charge on any atom is 0.238 e. The molecule has 0 radical (unpaired) electrons. The van der Waals surface area contributed by atoms with Crippen LogP contribution in [0.1, 0.15) is 37.8 Å². The predicted octanol–water partition coefficient (Wildman–Crippen LogP) is 3.84. The summed E-state index contributed by atoms with van der Waals surface area (Å²) in [5, 5.41) is 26.1. The number of carbonyl (C=O) groups excluding carboxylic acids is 1. The Morgan fingerprint density at radius 2 is 2.00 bits per heavy atom. The van der Waals surface area contributed by atoms with Crippen LogP contribution in [-0.4, -0.2) is 31.4 Å². The molecule has 0 spiro atoms. The number of aromatic nitrogens is 4. The van der Waals surface area contributed by atoms with Crippen LogP contribution in [0.3, 0.4) is 0 Å². The number of anilines is 1. The molecule has 1 unspecified atom stereocenters. The van der Waals surface area contributed by atoms with E-state index in [9.17, 15) is 4.79 Å². The first-order valence-corrected chi connectivity index (χ1v) is 10.1. The van der Waals surface area contributed by atoms with Crippen LogP contribution in [0.15, 0.2) is 40.9 Å². The lowest BCUT2D eigenvalue weighted by atomic mass is 10.0. The van der Waals surface area contributed by atoms with Crippen LogP contribution in [0.2, 0.25) is 0 Å². The summed E-state index contributed by atoms with van der Waals surface area (Å²) >= 11 is 2.58. The van der Waals surface area contributed by atoms with Crippen LogP contribution in [0.4, 0.5) is 5.00 Å². The second kappa shape index (κ2) is 8.33. The number of amides is 1. The smallest absolute Gasteiger partial charge is 0.238 e. The fraction of sp³-hybridized carbons (Fsp3) is 0.278. The fourth-order valence-corrected chi connectivity index (χ4v) is 3.88. The second-order valence-electron chi connectivity index (χ2n) is 6.14. The van der Waals surface area contributed by atoms with Crippen molar-refractivity contribution in [2.24, 2.45) is 0 Å². The first kappa shape index (κ1) is 19.1. The van der Waals surface area contributed by atoms with Crippen molar-refractivity contribution in [1.82, 2.24) is 20.2 Å². The maximum atomic E-state index is 12.5. The average molecular weight is 399 g/mol. The molecule has 0 bridgehead atoms. The van der Waals surface area contributed by atoms with E-state index in [1.807, 2.05) is 24.3 Å². The van der Waals surface area contributed by atoms with E-state index < -0.39 is 5.25 Å². The number of hydrogen-bond donors (Lipinski definition) is 1. The number of benzene rings is 1. The van der Waals surface area contributed by atoms with Crippen LogP contribution >= 0.6 is 23.1 Å². The summed E-state index contributed by atoms with van der Waals surface area (Å²) in [5.41, 5.74) is 2.53. The van der Waals surface area contributed by atoms with E-state index >= 15 is 0 Å². The molecular formula is C18H18N6OS2. The average Bonchev–Trinajstić information content (AvgIpc) is 3.30. The van der Waals surface area contributed by atoms with E-state index in [0.29, 0.717) is 21.6 Å². The van der Waals surface area contributed by atoms with Crippen LogP contribution in [-0.2, 0) is 4.79 Å². The van der Waals surface area contributed by atoms with E-state index in [0.717, 1.165) is 5.69 Å². The fourth-order valence-electron chi connectivity index (χ4n) is 2.33. The van der Waals surface area contributed by atoms with Crippen molar-refractivity contribution in [3.05, 3.63) is 46.8 Å². The molecule has 2 heterocycles. The molecule has 0 fully saturated rings. The Morgan fingerprint density at radius 1 is 1.26 bits per heavy atom. The third-order valence-electron chi connectivity index (χ3n) is 3.92. The maximum absolute atomic E-state index is 12.5. The van der Waals surface area contributed by atoms with Gasteiger partial charge < -0.3 is 5.32 Å². The second-order valence-corrected chi connectivity index (χ2v) is 8.37. The summed E-state index contributed by atoms with van der Waals surface area (Å²) in [4.78, 5) is 12.5. The van der Waals surface area contributed by atoms with E-state index in [1.165, 1.54) is 28.7 Å². The monoisotopic (exact) mass is 398 g/mol. The normalized spacial score (nSPS) is 12.0. The van der Waals surface area contributed by atoms with Gasteiger partial charge in [0.15, 0.2) is 0 Å². The zero-order valence-corrected chi connectivity index (χ0v) is 16.7. The van der Waals surface area contributed by atoms with E-state index in [1.54, 1.807) is 23.1 Å². The molecule has 7 nitrogen and oxygen atoms in total. The zero-order valence-electron chi connectivity index (χ0n) is 15.1. The number of nitriles is 1. The summed E-state index contributed by atoms with van der Waals surface area (Å²) in [6.45, 7) is 6.05. The number of thiophene rings is 1. The first-order chi connectivity index (χ1) is 13.0. The highest BCUT2D eigenvalue weighted by Gasteiger charge is 2.20. The number of thioether (sulfide) groups is 1. The highest BCUT2D eigenvalue weighted by molar-refractivity contribution is 8.00. The molecule has 1 atom stereocenters. The summed E-state index contributed by atoms with van der Waals surface area (Å²) < 4.78 is 1.62. The Hall–Kier alpha value is -2.70. The van der Waals surface area contributed by atoms with Gasteiger partial charge in [-0.15, -0.1) is 16.4 Å². The molecule has 2 aromatic heterocycles. The third kappa shape index (κ3) is 4.35. The van der Waals surface area contributed by atoms with Gasteiger partial charge in [-0.1, -0.05) is 37.7 Å². The molecule has 0 saturated heterocycles. The lowest BCUT2D eigenvalue weighted by molar-refractivity contribution is -0.115. The van der Waals surface area contributed by atoms with Gasteiger partial charge >= 0.3 is 0 Å². The van der Waals surface area contributed by atoms with Gasteiger partial charge in [0.1, 0.15) is 11.1 Å². The molecule has 3 aromatic rings. The Bertz CT molecular complexity index is 970. The minimum Gasteiger partial charge on any atom is -0.316 e. The summed E-state index contributed by atoms with van der Waals surface area (Å²) in [6, 6.07) is 11.8. The number of nitrogens with one attached hydrogen (secondary N) is 1. The van der Waals surface area contributed by atoms with Crippen LogP contribution < -0.4 is 5.32 Å². The SMILES string of the molecule is CC(Sc1nnnn1-c1ccc(C(C)C)cc1)C(=O)Nc1sccc1C#N. The largest absolute Gasteiger partial charge is 0.316 e. The number of hydrogen-bond acceptors (Lipinski definition) is 7. The number of rotatable bonds is 6. The molecule has 1 amide bonds. The number of nitrogens with zero attached hydrogens (tertiary/aromatic N) is 5. The Labute approximate surface area is 165 Å². The summed E-state index contributed by atoms with van der Waals surface area (Å²) in [7, 11) is 0. The Kier molecular flexibility index (Phi) is 5.88. The van der Waals surface area contributed by atoms with Gasteiger partial charge in [-0.05, 0) is 52.4 Å². The van der Waals surface area contributed by atoms with E-state index in [2.05, 4.69) is 40.8 Å². The number of carbonyl (C=O) groups is 1. The van der Waals surface area contributed by atoms with Crippen LogP contribution in [0, 0.1) is 11.3 Å². The molecule has 1 aromatic carbocycles. The molecule has 0 aliphatic carbocycles. The minimum absolute atomic E-state index is 0.205. The van der Waals surface area contributed by atoms with Crippen LogP contribution in [0.5, 0.6) is 0 Å². The van der Waals surface area contributed by atoms with E-state index in [-0.39, 0.29) is 5.91 Å². The highest BCUT2D eigenvalue weighted by Crippen LogP contribution is 2.27. The molecule has 0 aliphatic rings. The summed E-state index contributed by atoms with van der Waals surface area (Å²) in [6.07, 6.45) is 0. The quantitative estimate of drug-likeness (QED) is 0.634. The first-order valence-electron chi connectivity index (χ1n) is 8.33. The zero-order chi connectivity index (χ0) is 19.4. The third-order valence-corrected chi connectivity index (χ3v) is 5.78. The van der Waals surface area contributed by atoms with Crippen molar-refractivity contribution >= 4 is 34.0 Å². The van der Waals surface area contributed by atoms with Gasteiger partial charge in [0, 0.05) is 0 Å². The predicted molar refractivity (Wildman–Crippen MR) is 106 cm³/mol. The molecule has 27 heavy (non-hydrogen) atoms. The molecule has 0 saturated carbocycles. The van der Waals surface area contributed by atoms with Crippen molar-refractivity contribution in [2.75, 3.05) is 5.32 Å². The molecule has 138 valence electrons. The van der Waals surface area contributed by atoms with Gasteiger partial charge in [-0.3, -0.25) is 4.79 Å². The van der Waals surface area contributed by atoms with Crippen LogP contribution in [0.25, 0.3) is 5.69 Å². The van der Waals surface area contributed by atoms with Gasteiger partial charge in [0.05, 0.1) is 16.5 Å². The summed E-state index contributed by atoms with van der Waals surface area (Å²) in [5.74, 6) is 0.240.